The Bertz CT molecular complexity index is 754. The SMILES string of the molecule is CC[C@@H]1Oc2cc([C@H](C)NCc3ccn(C(C)C)n3)ccc2NC1=O. The highest BCUT2D eigenvalue weighted by molar-refractivity contribution is 5.97. The van der Waals surface area contributed by atoms with Crippen molar-refractivity contribution < 1.29 is 9.53 Å². The van der Waals surface area contributed by atoms with Gasteiger partial charge in [0, 0.05) is 24.8 Å². The molecule has 25 heavy (non-hydrogen) atoms. The first-order valence-electron chi connectivity index (χ1n) is 8.86. The minimum absolute atomic E-state index is 0.0744. The molecule has 1 aliphatic heterocycles. The van der Waals surface area contributed by atoms with Gasteiger partial charge in [0.25, 0.3) is 5.91 Å². The lowest BCUT2D eigenvalue weighted by molar-refractivity contribution is -0.123. The number of carbonyl (C=O) groups is 1. The van der Waals surface area contributed by atoms with Crippen molar-refractivity contribution in [3.63, 3.8) is 0 Å². The second-order valence-electron chi connectivity index (χ2n) is 6.74. The van der Waals surface area contributed by atoms with Gasteiger partial charge < -0.3 is 15.4 Å². The molecule has 0 radical (unpaired) electrons. The van der Waals surface area contributed by atoms with Crippen LogP contribution in [0, 0.1) is 0 Å². The lowest BCUT2D eigenvalue weighted by Gasteiger charge is -2.26. The summed E-state index contributed by atoms with van der Waals surface area (Å²) < 4.78 is 7.78. The summed E-state index contributed by atoms with van der Waals surface area (Å²) in [5.41, 5.74) is 2.88. The fourth-order valence-electron chi connectivity index (χ4n) is 2.83. The number of rotatable bonds is 6. The molecule has 3 rings (SSSR count). The van der Waals surface area contributed by atoms with Crippen LogP contribution in [0.25, 0.3) is 0 Å². The van der Waals surface area contributed by atoms with Gasteiger partial charge in [0.05, 0.1) is 11.4 Å². The fourth-order valence-corrected chi connectivity index (χ4v) is 2.83. The Kier molecular flexibility index (Phi) is 5.08. The van der Waals surface area contributed by atoms with Crippen molar-refractivity contribution in [2.24, 2.45) is 0 Å². The molecule has 2 atom stereocenters. The Morgan fingerprint density at radius 2 is 2.12 bits per heavy atom. The first-order chi connectivity index (χ1) is 12.0. The summed E-state index contributed by atoms with van der Waals surface area (Å²) >= 11 is 0. The van der Waals surface area contributed by atoms with Gasteiger partial charge in [-0.05, 0) is 51.0 Å². The number of carbonyl (C=O) groups excluding carboxylic acids is 1. The van der Waals surface area contributed by atoms with Crippen LogP contribution in [0.2, 0.25) is 0 Å². The van der Waals surface area contributed by atoms with Crippen LogP contribution in [-0.4, -0.2) is 21.8 Å². The predicted octanol–water partition coefficient (Wildman–Crippen LogP) is 3.42. The van der Waals surface area contributed by atoms with E-state index in [2.05, 4.69) is 36.5 Å². The van der Waals surface area contributed by atoms with E-state index in [1.54, 1.807) is 0 Å². The minimum Gasteiger partial charge on any atom is -0.478 e. The smallest absolute Gasteiger partial charge is 0.265 e. The molecule has 6 nitrogen and oxygen atoms in total. The highest BCUT2D eigenvalue weighted by atomic mass is 16.5. The van der Waals surface area contributed by atoms with Gasteiger partial charge in [-0.25, -0.2) is 0 Å². The fraction of sp³-hybridized carbons (Fsp3) is 0.474. The number of amides is 1. The van der Waals surface area contributed by atoms with Crippen LogP contribution < -0.4 is 15.4 Å². The molecule has 0 aliphatic carbocycles. The number of hydrogen-bond acceptors (Lipinski definition) is 4. The number of ether oxygens (including phenoxy) is 1. The summed E-state index contributed by atoms with van der Waals surface area (Å²) in [6, 6.07) is 8.47. The molecule has 1 aromatic heterocycles. The summed E-state index contributed by atoms with van der Waals surface area (Å²) in [6.07, 6.45) is 2.25. The van der Waals surface area contributed by atoms with E-state index in [0.29, 0.717) is 19.0 Å². The quantitative estimate of drug-likeness (QED) is 0.844. The maximum atomic E-state index is 11.9. The number of benzene rings is 1. The summed E-state index contributed by atoms with van der Waals surface area (Å²) in [4.78, 5) is 11.9. The normalized spacial score (nSPS) is 17.8. The van der Waals surface area contributed by atoms with Crippen molar-refractivity contribution in [3.05, 3.63) is 41.7 Å². The summed E-state index contributed by atoms with van der Waals surface area (Å²) in [6.45, 7) is 8.98. The van der Waals surface area contributed by atoms with E-state index in [9.17, 15) is 4.79 Å². The minimum atomic E-state index is -0.411. The van der Waals surface area contributed by atoms with Crippen LogP contribution in [0.5, 0.6) is 5.75 Å². The molecule has 2 aromatic rings. The van der Waals surface area contributed by atoms with E-state index in [0.717, 1.165) is 22.7 Å². The maximum absolute atomic E-state index is 11.9. The first kappa shape index (κ1) is 17.5. The van der Waals surface area contributed by atoms with E-state index < -0.39 is 6.10 Å². The van der Waals surface area contributed by atoms with Gasteiger partial charge in [-0.3, -0.25) is 9.48 Å². The van der Waals surface area contributed by atoms with E-state index in [4.69, 9.17) is 4.74 Å². The third-order valence-electron chi connectivity index (χ3n) is 4.48. The number of aromatic nitrogens is 2. The largest absolute Gasteiger partial charge is 0.478 e. The van der Waals surface area contributed by atoms with Gasteiger partial charge in [-0.2, -0.15) is 5.10 Å². The lowest BCUT2D eigenvalue weighted by Crippen LogP contribution is -2.36. The van der Waals surface area contributed by atoms with Crippen LogP contribution in [0.15, 0.2) is 30.5 Å². The molecule has 1 amide bonds. The Labute approximate surface area is 148 Å². The van der Waals surface area contributed by atoms with Crippen LogP contribution in [0.1, 0.15) is 57.5 Å². The van der Waals surface area contributed by atoms with Gasteiger partial charge in [0.15, 0.2) is 6.10 Å². The van der Waals surface area contributed by atoms with Crippen molar-refractivity contribution in [2.45, 2.75) is 58.8 Å². The number of nitrogens with zero attached hydrogens (tertiary/aromatic N) is 2. The highest BCUT2D eigenvalue weighted by Gasteiger charge is 2.26. The van der Waals surface area contributed by atoms with Crippen molar-refractivity contribution in [2.75, 3.05) is 5.32 Å². The van der Waals surface area contributed by atoms with E-state index in [1.165, 1.54) is 0 Å². The van der Waals surface area contributed by atoms with Crippen molar-refractivity contribution in [1.29, 1.82) is 0 Å². The second kappa shape index (κ2) is 7.27. The topological polar surface area (TPSA) is 68.2 Å². The van der Waals surface area contributed by atoms with Crippen LogP contribution in [0.4, 0.5) is 5.69 Å². The van der Waals surface area contributed by atoms with E-state index in [1.807, 2.05) is 42.1 Å². The van der Waals surface area contributed by atoms with E-state index >= 15 is 0 Å². The number of nitrogens with one attached hydrogen (secondary N) is 2. The van der Waals surface area contributed by atoms with Crippen LogP contribution in [-0.2, 0) is 11.3 Å². The molecule has 2 N–H and O–H groups in total. The molecule has 2 heterocycles. The monoisotopic (exact) mass is 342 g/mol. The van der Waals surface area contributed by atoms with Gasteiger partial charge in [0.1, 0.15) is 5.75 Å². The average molecular weight is 342 g/mol. The molecule has 0 spiro atoms. The Hall–Kier alpha value is -2.34. The number of hydrogen-bond donors (Lipinski definition) is 2. The first-order valence-corrected chi connectivity index (χ1v) is 8.86. The van der Waals surface area contributed by atoms with Gasteiger partial charge in [-0.1, -0.05) is 13.0 Å². The van der Waals surface area contributed by atoms with Gasteiger partial charge in [-0.15, -0.1) is 0 Å². The van der Waals surface area contributed by atoms with Crippen LogP contribution >= 0.6 is 0 Å². The standard InChI is InChI=1S/C19H26N4O2/c1-5-17-19(24)21-16-7-6-14(10-18(16)25-17)13(4)20-11-15-8-9-23(22-15)12(2)3/h6-10,12-13,17,20H,5,11H2,1-4H3,(H,21,24)/t13-,17-/m0/s1. The summed E-state index contributed by atoms with van der Waals surface area (Å²) in [5.74, 6) is 0.663. The molecule has 134 valence electrons. The zero-order valence-electron chi connectivity index (χ0n) is 15.2. The average Bonchev–Trinajstić information content (AvgIpc) is 3.08. The third-order valence-corrected chi connectivity index (χ3v) is 4.48. The molecule has 0 saturated heterocycles. The second-order valence-corrected chi connectivity index (χ2v) is 6.74. The molecule has 0 saturated carbocycles. The molecule has 1 aromatic carbocycles. The molecular formula is C19H26N4O2. The Balaban J connectivity index is 1.66. The Morgan fingerprint density at radius 1 is 1.32 bits per heavy atom. The van der Waals surface area contributed by atoms with Crippen LogP contribution in [0.3, 0.4) is 0 Å². The van der Waals surface area contributed by atoms with Crippen molar-refractivity contribution >= 4 is 11.6 Å². The summed E-state index contributed by atoms with van der Waals surface area (Å²) in [5, 5.41) is 10.9. The number of fused-ring (bicyclic) bond motifs is 1. The third kappa shape index (κ3) is 3.85. The molecule has 0 bridgehead atoms. The number of anilines is 1. The molecule has 0 unspecified atom stereocenters. The summed E-state index contributed by atoms with van der Waals surface area (Å²) in [7, 11) is 0. The zero-order chi connectivity index (χ0) is 18.0. The highest BCUT2D eigenvalue weighted by Crippen LogP contribution is 2.33. The van der Waals surface area contributed by atoms with Crippen molar-refractivity contribution in [1.82, 2.24) is 15.1 Å². The van der Waals surface area contributed by atoms with E-state index in [-0.39, 0.29) is 11.9 Å². The molecule has 0 fully saturated rings. The molecule has 6 heteroatoms. The van der Waals surface area contributed by atoms with Crippen molar-refractivity contribution in [3.8, 4) is 5.75 Å². The van der Waals surface area contributed by atoms with Gasteiger partial charge in [0.2, 0.25) is 0 Å². The molecular weight excluding hydrogens is 316 g/mol. The van der Waals surface area contributed by atoms with Gasteiger partial charge >= 0.3 is 0 Å². The molecule has 1 aliphatic rings. The Morgan fingerprint density at radius 3 is 2.80 bits per heavy atom. The maximum Gasteiger partial charge on any atom is 0.265 e. The predicted molar refractivity (Wildman–Crippen MR) is 97.6 cm³/mol. The lowest BCUT2D eigenvalue weighted by atomic mass is 10.1. The zero-order valence-corrected chi connectivity index (χ0v) is 15.2.